The lowest BCUT2D eigenvalue weighted by molar-refractivity contribution is -0.113. The van der Waals surface area contributed by atoms with Crippen molar-refractivity contribution in [2.75, 3.05) is 66.0 Å². The molecule has 3 aromatic carbocycles. The van der Waals surface area contributed by atoms with Crippen LogP contribution in [-0.2, 0) is 32.0 Å². The molecule has 2 fully saturated rings. The number of benzene rings is 3. The van der Waals surface area contributed by atoms with E-state index in [-0.39, 0.29) is 6.29 Å². The molecule has 0 radical (unpaired) electrons. The number of anilines is 1. The Morgan fingerprint density at radius 1 is 0.915 bits per heavy atom. The Morgan fingerprint density at radius 2 is 1.58 bits per heavy atom. The van der Waals surface area contributed by atoms with Crippen molar-refractivity contribution in [2.45, 2.75) is 98.8 Å². The van der Waals surface area contributed by atoms with Gasteiger partial charge in [0.05, 0.1) is 18.9 Å². The molecule has 0 bridgehead atoms. The van der Waals surface area contributed by atoms with E-state index in [1.807, 2.05) is 75.4 Å². The van der Waals surface area contributed by atoms with E-state index in [9.17, 15) is 9.59 Å². The number of hydrogen-bond acceptors (Lipinski definition) is 7. The molecule has 0 spiro atoms. The third kappa shape index (κ3) is 23.9. The van der Waals surface area contributed by atoms with Crippen LogP contribution in [0.1, 0.15) is 90.7 Å². The van der Waals surface area contributed by atoms with Crippen molar-refractivity contribution in [2.24, 2.45) is 11.8 Å². The number of aldehydes is 1. The first-order chi connectivity index (χ1) is 28.8. The maximum Gasteiger partial charge on any atom is 0.409 e. The highest BCUT2D eigenvalue weighted by atomic mass is 16.7. The van der Waals surface area contributed by atoms with Crippen molar-refractivity contribution in [1.29, 1.82) is 0 Å². The van der Waals surface area contributed by atoms with Gasteiger partial charge in [0.1, 0.15) is 6.29 Å². The van der Waals surface area contributed by atoms with Gasteiger partial charge >= 0.3 is 6.09 Å². The minimum atomic E-state index is -1.05. The van der Waals surface area contributed by atoms with Crippen LogP contribution in [0.4, 0.5) is 10.5 Å². The molecule has 9 nitrogen and oxygen atoms in total. The van der Waals surface area contributed by atoms with Crippen molar-refractivity contribution >= 4 is 18.1 Å². The van der Waals surface area contributed by atoms with E-state index in [2.05, 4.69) is 72.4 Å². The fourth-order valence-electron chi connectivity index (χ4n) is 6.95. The highest BCUT2D eigenvalue weighted by Crippen LogP contribution is 2.38. The van der Waals surface area contributed by atoms with Crippen LogP contribution in [0.3, 0.4) is 0 Å². The average molecular weight is 816 g/mol. The molecule has 1 aliphatic carbocycles. The van der Waals surface area contributed by atoms with E-state index in [0.717, 1.165) is 61.7 Å². The second kappa shape index (κ2) is 34.7. The van der Waals surface area contributed by atoms with Gasteiger partial charge in [-0.2, -0.15) is 0 Å². The van der Waals surface area contributed by atoms with Gasteiger partial charge in [0.25, 0.3) is 0 Å². The molecule has 1 amide bonds. The Labute approximate surface area is 357 Å². The van der Waals surface area contributed by atoms with E-state index >= 15 is 0 Å². The molecular weight excluding hydrogens is 739 g/mol. The van der Waals surface area contributed by atoms with Crippen LogP contribution < -0.4 is 5.32 Å². The van der Waals surface area contributed by atoms with Gasteiger partial charge in [-0.15, -0.1) is 0 Å². The van der Waals surface area contributed by atoms with Crippen molar-refractivity contribution in [3.05, 3.63) is 114 Å². The lowest BCUT2D eigenvalue weighted by Gasteiger charge is -2.21. The summed E-state index contributed by atoms with van der Waals surface area (Å²) in [5.41, 5.74) is 5.23. The van der Waals surface area contributed by atoms with E-state index in [0.29, 0.717) is 25.3 Å². The summed E-state index contributed by atoms with van der Waals surface area (Å²) in [5.74, 6) is 1.93. The average Bonchev–Trinajstić information content (AvgIpc) is 3.86. The summed E-state index contributed by atoms with van der Waals surface area (Å²) in [6.45, 7) is 17.2. The standard InChI is InChI=1S/C19H27NO2.C13H11NO2.C9H21NO2.C7H12.C2H6/c21-9-3-10-22-11-8-16-4-1-5-17(12-16)13-20-14-18-6-2-7-19(18)15-20;15-13(16)14-12-9-5-4-8-11(12)10-6-2-1-3-7-10;1-5-6-7-10(2)8-9(11-3)12-4;1-3-5-7-6-4-2;1-2/h1,4-5,9,12,18-19H,2-3,6-8,10-11,13-15H2;1-9,14H,(H,15,16);9H,5-8H2,1-4H3;3,5-7H,4H2,1-2H3;1-2H3/b;;;5-3-,7-6-;. The number of methoxy groups -OCH3 is 2. The first-order valence-electron chi connectivity index (χ1n) is 21.8. The van der Waals surface area contributed by atoms with Gasteiger partial charge in [0, 0.05) is 52.4 Å². The zero-order valence-corrected chi connectivity index (χ0v) is 37.6. The van der Waals surface area contributed by atoms with Gasteiger partial charge in [-0.1, -0.05) is 138 Å². The Morgan fingerprint density at radius 3 is 2.19 bits per heavy atom. The number of amides is 1. The number of unbranched alkanes of at least 4 members (excludes halogenated alkanes) is 1. The molecule has 9 heteroatoms. The second-order valence-electron chi connectivity index (χ2n) is 14.5. The predicted molar refractivity (Wildman–Crippen MR) is 247 cm³/mol. The molecule has 3 aromatic rings. The van der Waals surface area contributed by atoms with Gasteiger partial charge in [-0.25, -0.2) is 4.79 Å². The Hall–Kier alpha value is -4.12. The summed E-state index contributed by atoms with van der Waals surface area (Å²) in [4.78, 5) is 25.7. The smallest absolute Gasteiger partial charge is 0.409 e. The molecule has 1 saturated heterocycles. The largest absolute Gasteiger partial charge is 0.465 e. The normalized spacial score (nSPS) is 15.6. The van der Waals surface area contributed by atoms with Crippen molar-refractivity contribution in [3.63, 3.8) is 0 Å². The maximum absolute atomic E-state index is 10.6. The Kier molecular flexibility index (Phi) is 31.1. The van der Waals surface area contributed by atoms with Crippen LogP contribution in [0.5, 0.6) is 0 Å². The lowest BCUT2D eigenvalue weighted by atomic mass is 10.0. The zero-order chi connectivity index (χ0) is 43.5. The number of ether oxygens (including phenoxy) is 3. The van der Waals surface area contributed by atoms with E-state index in [4.69, 9.17) is 19.3 Å². The number of hydrogen-bond donors (Lipinski definition) is 2. The van der Waals surface area contributed by atoms with E-state index in [1.165, 1.54) is 56.3 Å². The molecule has 59 heavy (non-hydrogen) atoms. The second-order valence-corrected chi connectivity index (χ2v) is 14.5. The maximum atomic E-state index is 10.6. The minimum Gasteiger partial charge on any atom is -0.465 e. The number of para-hydroxylation sites is 1. The number of fused-ring (bicyclic) bond motifs is 1. The molecule has 328 valence electrons. The SMILES string of the molecule is C/C=C\C=C/CC.CC.CCCCN(C)CC(OC)OC.O=C(O)Nc1ccccc1-c1ccccc1.O=CCCOCCc1cccc(CN2CC3CCCC3C2)c1. The first-order valence-corrected chi connectivity index (χ1v) is 21.8. The van der Waals surface area contributed by atoms with Crippen LogP contribution in [0.2, 0.25) is 0 Å². The summed E-state index contributed by atoms with van der Waals surface area (Å²) >= 11 is 0. The molecular formula is C50H77N3O6. The van der Waals surface area contributed by atoms with Crippen LogP contribution in [0.15, 0.2) is 103 Å². The number of allylic oxidation sites excluding steroid dienone is 4. The minimum absolute atomic E-state index is 0.0909. The predicted octanol–water partition coefficient (Wildman–Crippen LogP) is 11.4. The first kappa shape index (κ1) is 52.9. The molecule has 5 rings (SSSR count). The van der Waals surface area contributed by atoms with Gasteiger partial charge in [0.2, 0.25) is 0 Å². The monoisotopic (exact) mass is 816 g/mol. The van der Waals surface area contributed by atoms with Crippen molar-refractivity contribution in [1.82, 2.24) is 9.80 Å². The Balaban J connectivity index is 0.000000416. The quantitative estimate of drug-likeness (QED) is 0.0534. The third-order valence-corrected chi connectivity index (χ3v) is 9.92. The molecule has 2 atom stereocenters. The van der Waals surface area contributed by atoms with Crippen LogP contribution in [0, 0.1) is 11.8 Å². The lowest BCUT2D eigenvalue weighted by Crippen LogP contribution is -2.32. The van der Waals surface area contributed by atoms with Gasteiger partial charge in [-0.3, -0.25) is 10.2 Å². The topological polar surface area (TPSA) is 101 Å². The number of rotatable bonds is 19. The van der Waals surface area contributed by atoms with Crippen molar-refractivity contribution < 1.29 is 28.9 Å². The molecule has 1 saturated carbocycles. The van der Waals surface area contributed by atoms with Gasteiger partial charge in [-0.05, 0) is 87.2 Å². The molecule has 1 aliphatic heterocycles. The van der Waals surface area contributed by atoms with Crippen LogP contribution in [-0.4, -0.2) is 94.2 Å². The third-order valence-electron chi connectivity index (χ3n) is 9.92. The van der Waals surface area contributed by atoms with E-state index < -0.39 is 6.09 Å². The number of carboxylic acid groups (broad SMARTS) is 1. The number of likely N-dealkylation sites (N-methyl/N-ethyl adjacent to an activating group) is 1. The molecule has 2 unspecified atom stereocenters. The summed E-state index contributed by atoms with van der Waals surface area (Å²) in [7, 11) is 5.42. The summed E-state index contributed by atoms with van der Waals surface area (Å²) in [5, 5.41) is 11.1. The fourth-order valence-corrected chi connectivity index (χ4v) is 6.95. The highest BCUT2D eigenvalue weighted by Gasteiger charge is 2.35. The summed E-state index contributed by atoms with van der Waals surface area (Å²) in [6, 6.07) is 25.9. The number of nitrogens with zero attached hydrogens (tertiary/aromatic N) is 2. The van der Waals surface area contributed by atoms with Crippen molar-refractivity contribution in [3.8, 4) is 11.1 Å². The summed E-state index contributed by atoms with van der Waals surface area (Å²) < 4.78 is 15.6. The molecule has 2 N–H and O–H groups in total. The van der Waals surface area contributed by atoms with Gasteiger partial charge in [0.15, 0.2) is 6.29 Å². The highest BCUT2D eigenvalue weighted by molar-refractivity contribution is 5.90. The number of nitrogens with one attached hydrogen (secondary N) is 1. The number of likely N-dealkylation sites (tertiary alicyclic amines) is 1. The Bertz CT molecular complexity index is 1530. The summed E-state index contributed by atoms with van der Waals surface area (Å²) in [6.07, 6.45) is 17.4. The zero-order valence-electron chi connectivity index (χ0n) is 37.6. The molecule has 0 aromatic heterocycles. The van der Waals surface area contributed by atoms with E-state index in [1.54, 1.807) is 26.4 Å². The van der Waals surface area contributed by atoms with Gasteiger partial charge < -0.3 is 29.0 Å². The molecule has 1 heterocycles. The number of carbonyl (C=O) groups excluding carboxylic acids is 1. The fraction of sp³-hybridized carbons (Fsp3) is 0.520. The van der Waals surface area contributed by atoms with Crippen LogP contribution in [0.25, 0.3) is 11.1 Å². The molecule has 2 aliphatic rings. The van der Waals surface area contributed by atoms with Crippen LogP contribution >= 0.6 is 0 Å². The number of carbonyl (C=O) groups is 2.